The van der Waals surface area contributed by atoms with Gasteiger partial charge in [-0.2, -0.15) is 4.31 Å². The van der Waals surface area contributed by atoms with E-state index in [9.17, 15) is 33.4 Å². The van der Waals surface area contributed by atoms with E-state index in [0.717, 1.165) is 11.3 Å². The van der Waals surface area contributed by atoms with E-state index in [-0.39, 0.29) is 52.3 Å². The van der Waals surface area contributed by atoms with Gasteiger partial charge in [0.1, 0.15) is 4.21 Å². The summed E-state index contributed by atoms with van der Waals surface area (Å²) in [6.45, 7) is 0.524. The van der Waals surface area contributed by atoms with Crippen molar-refractivity contribution < 1.29 is 23.1 Å². The number of nitrogens with two attached hydrogens (primary N) is 1. The van der Waals surface area contributed by atoms with E-state index in [1.54, 1.807) is 18.2 Å². The van der Waals surface area contributed by atoms with Crippen LogP contribution in [0.4, 0.5) is 17.1 Å². The van der Waals surface area contributed by atoms with E-state index in [1.165, 1.54) is 40.7 Å². The fourth-order valence-corrected chi connectivity index (χ4v) is 7.23. The monoisotopic (exact) mass is 545 g/mol. The molecule has 1 aliphatic heterocycles. The van der Waals surface area contributed by atoms with E-state index in [1.807, 2.05) is 0 Å². The molecule has 1 fully saturated rings. The average molecular weight is 546 g/mol. The second-order valence-corrected chi connectivity index (χ2v) is 11.8. The van der Waals surface area contributed by atoms with E-state index < -0.39 is 25.8 Å². The molecule has 0 spiro atoms. The van der Waals surface area contributed by atoms with Gasteiger partial charge in [0.05, 0.1) is 9.85 Å². The first-order valence-electron chi connectivity index (χ1n) is 11.2. The highest BCUT2D eigenvalue weighted by atomic mass is 32.2. The molecule has 1 amide bonds. The van der Waals surface area contributed by atoms with Gasteiger partial charge in [-0.25, -0.2) is 8.42 Å². The lowest BCUT2D eigenvalue weighted by Crippen LogP contribution is -2.42. The maximum absolute atomic E-state index is 13.2. The lowest BCUT2D eigenvalue weighted by molar-refractivity contribution is -0.385. The number of amides is 1. The van der Waals surface area contributed by atoms with Crippen LogP contribution in [0.3, 0.4) is 0 Å². The number of nitrogens with one attached hydrogen (secondary N) is 1. The van der Waals surface area contributed by atoms with Crippen molar-refractivity contribution in [1.29, 1.82) is 0 Å². The predicted octanol–water partition coefficient (Wildman–Crippen LogP) is 3.52. The van der Waals surface area contributed by atoms with Crippen molar-refractivity contribution in [3.05, 3.63) is 90.8 Å². The first-order valence-corrected chi connectivity index (χ1v) is 13.5. The van der Waals surface area contributed by atoms with Crippen LogP contribution >= 0.6 is 11.3 Å². The molecule has 3 aromatic rings. The second-order valence-electron chi connectivity index (χ2n) is 8.45. The Morgan fingerprint density at radius 1 is 1.05 bits per heavy atom. The molecular formula is C23H23N5O7S2. The van der Waals surface area contributed by atoms with Gasteiger partial charge in [-0.05, 0) is 37.1 Å². The molecule has 4 rings (SSSR count). The van der Waals surface area contributed by atoms with Crippen LogP contribution < -0.4 is 11.1 Å². The zero-order chi connectivity index (χ0) is 26.7. The number of non-ortho nitro benzene ring substituents is 1. The first kappa shape index (κ1) is 26.2. The van der Waals surface area contributed by atoms with Crippen LogP contribution in [0.1, 0.15) is 33.6 Å². The normalized spacial score (nSPS) is 14.8. The van der Waals surface area contributed by atoms with Crippen molar-refractivity contribution in [2.75, 3.05) is 18.4 Å². The van der Waals surface area contributed by atoms with Crippen LogP contribution in [0.5, 0.6) is 0 Å². The highest BCUT2D eigenvalue weighted by Crippen LogP contribution is 2.32. The van der Waals surface area contributed by atoms with E-state index in [4.69, 9.17) is 5.73 Å². The molecule has 37 heavy (non-hydrogen) atoms. The third kappa shape index (κ3) is 5.76. The Balaban J connectivity index is 1.45. The number of hydrogen-bond acceptors (Lipinski definition) is 9. The smallest absolute Gasteiger partial charge is 0.273 e. The summed E-state index contributed by atoms with van der Waals surface area (Å²) in [4.78, 5) is 33.7. The molecule has 0 saturated carbocycles. The van der Waals surface area contributed by atoms with Crippen molar-refractivity contribution in [2.45, 2.75) is 29.5 Å². The number of piperidine rings is 1. The molecule has 0 radical (unpaired) electrons. The number of sulfonamides is 1. The third-order valence-corrected chi connectivity index (χ3v) is 9.53. The van der Waals surface area contributed by atoms with Crippen molar-refractivity contribution >= 4 is 44.3 Å². The Kier molecular flexibility index (Phi) is 7.52. The summed E-state index contributed by atoms with van der Waals surface area (Å²) in [6.07, 6.45) is 1.02. The first-order chi connectivity index (χ1) is 17.6. The molecular weight excluding hydrogens is 522 g/mol. The molecule has 1 aromatic heterocycles. The fraction of sp³-hybridized carbons (Fsp3) is 0.261. The average Bonchev–Trinajstić information content (AvgIpc) is 3.34. The van der Waals surface area contributed by atoms with Gasteiger partial charge in [-0.15, -0.1) is 11.3 Å². The number of benzene rings is 2. The minimum absolute atomic E-state index is 0.00911. The summed E-state index contributed by atoms with van der Waals surface area (Å²) < 4.78 is 28.0. The molecule has 3 N–H and O–H groups in total. The van der Waals surface area contributed by atoms with Gasteiger partial charge >= 0.3 is 0 Å². The molecule has 194 valence electrons. The van der Waals surface area contributed by atoms with E-state index in [0.29, 0.717) is 23.4 Å². The van der Waals surface area contributed by atoms with Gasteiger partial charge in [0, 0.05) is 65.4 Å². The van der Waals surface area contributed by atoms with Crippen LogP contribution in [-0.2, 0) is 16.4 Å². The molecule has 0 atom stereocenters. The van der Waals surface area contributed by atoms with Crippen molar-refractivity contribution in [2.24, 2.45) is 5.73 Å². The van der Waals surface area contributed by atoms with Gasteiger partial charge < -0.3 is 11.1 Å². The zero-order valence-corrected chi connectivity index (χ0v) is 21.0. The number of thiophene rings is 1. The van der Waals surface area contributed by atoms with Crippen LogP contribution in [-0.4, -0.2) is 47.6 Å². The number of nitro benzene ring substituents is 2. The number of carbonyl (C=O) groups is 1. The zero-order valence-electron chi connectivity index (χ0n) is 19.4. The lowest BCUT2D eigenvalue weighted by Gasteiger charge is -2.31. The highest BCUT2D eigenvalue weighted by molar-refractivity contribution is 7.91. The van der Waals surface area contributed by atoms with E-state index in [2.05, 4.69) is 5.32 Å². The molecule has 2 heterocycles. The highest BCUT2D eigenvalue weighted by Gasteiger charge is 2.31. The predicted molar refractivity (Wildman–Crippen MR) is 137 cm³/mol. The molecule has 0 bridgehead atoms. The topological polar surface area (TPSA) is 179 Å². The van der Waals surface area contributed by atoms with Gasteiger partial charge in [0.15, 0.2) is 0 Å². The second kappa shape index (κ2) is 10.6. The summed E-state index contributed by atoms with van der Waals surface area (Å²) in [5.74, 6) is -0.801. The molecule has 0 unspecified atom stereocenters. The Labute approximate surface area is 216 Å². The van der Waals surface area contributed by atoms with Gasteiger partial charge in [0.25, 0.3) is 21.4 Å². The molecule has 2 aromatic carbocycles. The Bertz CT molecular complexity index is 1430. The fourth-order valence-electron chi connectivity index (χ4n) is 4.24. The number of hydrogen-bond donors (Lipinski definition) is 2. The summed E-state index contributed by atoms with van der Waals surface area (Å²) in [7, 11) is -3.79. The maximum atomic E-state index is 13.2. The summed E-state index contributed by atoms with van der Waals surface area (Å²) in [5, 5.41) is 25.7. The number of primary amides is 1. The van der Waals surface area contributed by atoms with Gasteiger partial charge in [-0.1, -0.05) is 12.1 Å². The molecule has 1 saturated heterocycles. The molecule has 0 aliphatic carbocycles. The van der Waals surface area contributed by atoms with Gasteiger partial charge in [0.2, 0.25) is 5.91 Å². The van der Waals surface area contributed by atoms with Crippen LogP contribution in [0, 0.1) is 20.2 Å². The molecule has 1 aliphatic rings. The van der Waals surface area contributed by atoms with E-state index >= 15 is 0 Å². The van der Waals surface area contributed by atoms with Crippen LogP contribution in [0.15, 0.2) is 58.8 Å². The number of nitro groups is 2. The SMILES string of the molecule is NC(=O)c1cccc([N+](=O)[O-])c1Cc1ccc(S(=O)(=O)N2CCC(Nc3cccc([N+](=O)[O-])c3)CC2)s1. The largest absolute Gasteiger partial charge is 0.382 e. The van der Waals surface area contributed by atoms with Crippen LogP contribution in [0.25, 0.3) is 0 Å². The standard InChI is InChI=1S/C23H23N5O7S2/c24-23(29)19-5-2-6-21(28(32)33)20(19)14-18-7-8-22(36-18)37(34,35)26-11-9-15(10-12-26)25-16-3-1-4-17(13-16)27(30)31/h1-8,13,15,25H,9-12,14H2,(H2,24,29). The van der Waals surface area contributed by atoms with Gasteiger partial charge in [-0.3, -0.25) is 25.0 Å². The number of rotatable bonds is 9. The summed E-state index contributed by atoms with van der Waals surface area (Å²) in [5.41, 5.74) is 5.87. The Hall–Kier alpha value is -3.88. The molecule has 12 nitrogen and oxygen atoms in total. The number of nitrogens with zero attached hydrogens (tertiary/aromatic N) is 3. The number of anilines is 1. The van der Waals surface area contributed by atoms with Crippen molar-refractivity contribution in [3.63, 3.8) is 0 Å². The molecule has 14 heteroatoms. The minimum atomic E-state index is -3.79. The lowest BCUT2D eigenvalue weighted by atomic mass is 10.0. The maximum Gasteiger partial charge on any atom is 0.273 e. The van der Waals surface area contributed by atoms with Crippen LogP contribution in [0.2, 0.25) is 0 Å². The summed E-state index contributed by atoms with van der Waals surface area (Å²) in [6, 6.07) is 13.2. The third-order valence-electron chi connectivity index (χ3n) is 6.08. The van der Waals surface area contributed by atoms with Crippen molar-refractivity contribution in [1.82, 2.24) is 4.31 Å². The van der Waals surface area contributed by atoms with Crippen molar-refractivity contribution in [3.8, 4) is 0 Å². The quantitative estimate of drug-likeness (QED) is 0.303. The summed E-state index contributed by atoms with van der Waals surface area (Å²) >= 11 is 0.993. The number of carbonyl (C=O) groups excluding carboxylic acids is 1. The minimum Gasteiger partial charge on any atom is -0.382 e. The Morgan fingerprint density at radius 3 is 2.41 bits per heavy atom. The Morgan fingerprint density at radius 2 is 1.76 bits per heavy atom.